The molecule has 5 nitrogen and oxygen atoms in total. The Labute approximate surface area is 94.6 Å². The molecule has 0 aromatic carbocycles. The van der Waals surface area contributed by atoms with Gasteiger partial charge < -0.3 is 14.6 Å². The van der Waals surface area contributed by atoms with Crippen LogP contribution in [0.5, 0.6) is 0 Å². The van der Waals surface area contributed by atoms with E-state index in [1.807, 2.05) is 0 Å². The summed E-state index contributed by atoms with van der Waals surface area (Å²) in [5.74, 6) is 1.53. The standard InChI is InChI=1S/C11H17N3O2/c1-4-9(12-5-1)11-13-10(16-14-11)7-8-3-2-6-15-8/h8-9,12H,1-7H2. The van der Waals surface area contributed by atoms with E-state index >= 15 is 0 Å². The van der Waals surface area contributed by atoms with Gasteiger partial charge in [-0.25, -0.2) is 0 Å². The van der Waals surface area contributed by atoms with Crippen LogP contribution in [-0.2, 0) is 11.2 Å². The molecule has 16 heavy (non-hydrogen) atoms. The summed E-state index contributed by atoms with van der Waals surface area (Å²) >= 11 is 0. The van der Waals surface area contributed by atoms with E-state index in [-0.39, 0.29) is 6.10 Å². The van der Waals surface area contributed by atoms with E-state index in [0.717, 1.165) is 50.6 Å². The number of aromatic nitrogens is 2. The van der Waals surface area contributed by atoms with Gasteiger partial charge in [-0.15, -0.1) is 0 Å². The van der Waals surface area contributed by atoms with E-state index < -0.39 is 0 Å². The summed E-state index contributed by atoms with van der Waals surface area (Å²) in [6.07, 6.45) is 5.61. The monoisotopic (exact) mass is 223 g/mol. The molecule has 0 aliphatic carbocycles. The predicted octanol–water partition coefficient (Wildman–Crippen LogP) is 1.22. The van der Waals surface area contributed by atoms with Crippen molar-refractivity contribution in [3.8, 4) is 0 Å². The van der Waals surface area contributed by atoms with Gasteiger partial charge in [-0.05, 0) is 32.2 Å². The van der Waals surface area contributed by atoms with Gasteiger partial charge in [0.15, 0.2) is 5.82 Å². The van der Waals surface area contributed by atoms with Crippen LogP contribution in [0.15, 0.2) is 4.52 Å². The van der Waals surface area contributed by atoms with Crippen molar-refractivity contribution >= 4 is 0 Å². The number of hydrogen-bond acceptors (Lipinski definition) is 5. The second-order valence-electron chi connectivity index (χ2n) is 4.53. The largest absolute Gasteiger partial charge is 0.378 e. The summed E-state index contributed by atoms with van der Waals surface area (Å²) in [5.41, 5.74) is 0. The third-order valence-corrected chi connectivity index (χ3v) is 3.28. The Bertz CT molecular complexity index is 341. The SMILES string of the molecule is C1COC(Cc2nc(C3CCCN3)no2)C1. The fourth-order valence-electron chi connectivity index (χ4n) is 2.40. The van der Waals surface area contributed by atoms with Crippen molar-refractivity contribution in [2.45, 2.75) is 44.2 Å². The maximum absolute atomic E-state index is 5.55. The van der Waals surface area contributed by atoms with Gasteiger partial charge in [-0.1, -0.05) is 5.16 Å². The molecule has 1 N–H and O–H groups in total. The van der Waals surface area contributed by atoms with Crippen LogP contribution in [0.2, 0.25) is 0 Å². The van der Waals surface area contributed by atoms with E-state index in [0.29, 0.717) is 6.04 Å². The Hall–Kier alpha value is -0.940. The maximum Gasteiger partial charge on any atom is 0.229 e. The molecule has 2 aliphatic heterocycles. The molecule has 1 aromatic heterocycles. The van der Waals surface area contributed by atoms with Crippen LogP contribution in [0, 0.1) is 0 Å². The Kier molecular flexibility index (Phi) is 2.88. The molecule has 2 aliphatic rings. The molecular weight excluding hydrogens is 206 g/mol. The Morgan fingerprint density at radius 1 is 1.31 bits per heavy atom. The first-order valence-electron chi connectivity index (χ1n) is 6.09. The molecule has 2 fully saturated rings. The van der Waals surface area contributed by atoms with Gasteiger partial charge in [0.05, 0.1) is 18.6 Å². The van der Waals surface area contributed by atoms with Gasteiger partial charge in [0.25, 0.3) is 0 Å². The fourth-order valence-corrected chi connectivity index (χ4v) is 2.40. The van der Waals surface area contributed by atoms with E-state index in [1.54, 1.807) is 0 Å². The van der Waals surface area contributed by atoms with Gasteiger partial charge in [-0.2, -0.15) is 4.98 Å². The van der Waals surface area contributed by atoms with Crippen molar-refractivity contribution in [2.24, 2.45) is 0 Å². The highest BCUT2D eigenvalue weighted by molar-refractivity contribution is 4.97. The normalized spacial score (nSPS) is 30.0. The van der Waals surface area contributed by atoms with Crippen LogP contribution in [0.4, 0.5) is 0 Å². The smallest absolute Gasteiger partial charge is 0.229 e. The van der Waals surface area contributed by atoms with Crippen molar-refractivity contribution in [1.29, 1.82) is 0 Å². The van der Waals surface area contributed by atoms with E-state index in [4.69, 9.17) is 9.26 Å². The summed E-state index contributed by atoms with van der Waals surface area (Å²) in [7, 11) is 0. The second-order valence-corrected chi connectivity index (χ2v) is 4.53. The summed E-state index contributed by atoms with van der Waals surface area (Å²) < 4.78 is 10.8. The molecular formula is C11H17N3O2. The zero-order valence-corrected chi connectivity index (χ0v) is 9.32. The maximum atomic E-state index is 5.55. The van der Waals surface area contributed by atoms with Crippen LogP contribution in [-0.4, -0.2) is 29.4 Å². The lowest BCUT2D eigenvalue weighted by atomic mass is 10.2. The zero-order chi connectivity index (χ0) is 10.8. The van der Waals surface area contributed by atoms with Crippen molar-refractivity contribution in [1.82, 2.24) is 15.5 Å². The highest BCUT2D eigenvalue weighted by Crippen LogP contribution is 2.21. The van der Waals surface area contributed by atoms with Crippen LogP contribution >= 0.6 is 0 Å². The number of nitrogens with zero attached hydrogens (tertiary/aromatic N) is 2. The average molecular weight is 223 g/mol. The molecule has 0 bridgehead atoms. The highest BCUT2D eigenvalue weighted by atomic mass is 16.5. The minimum absolute atomic E-state index is 0.282. The lowest BCUT2D eigenvalue weighted by Gasteiger charge is -2.04. The number of rotatable bonds is 3. The molecule has 5 heteroatoms. The Morgan fingerprint density at radius 3 is 3.06 bits per heavy atom. The molecule has 3 heterocycles. The molecule has 0 spiro atoms. The molecule has 2 saturated heterocycles. The van der Waals surface area contributed by atoms with E-state index in [2.05, 4.69) is 15.5 Å². The Balaban J connectivity index is 1.62. The highest BCUT2D eigenvalue weighted by Gasteiger charge is 2.24. The lowest BCUT2D eigenvalue weighted by molar-refractivity contribution is 0.104. The molecule has 0 saturated carbocycles. The van der Waals surface area contributed by atoms with E-state index in [1.165, 1.54) is 6.42 Å². The molecule has 2 atom stereocenters. The van der Waals surface area contributed by atoms with E-state index in [9.17, 15) is 0 Å². The zero-order valence-electron chi connectivity index (χ0n) is 9.32. The quantitative estimate of drug-likeness (QED) is 0.834. The minimum atomic E-state index is 0.282. The molecule has 0 radical (unpaired) electrons. The van der Waals surface area contributed by atoms with Gasteiger partial charge >= 0.3 is 0 Å². The molecule has 3 rings (SSSR count). The first-order valence-corrected chi connectivity index (χ1v) is 6.09. The fraction of sp³-hybridized carbons (Fsp3) is 0.818. The van der Waals surface area contributed by atoms with Crippen molar-refractivity contribution in [2.75, 3.05) is 13.2 Å². The molecule has 88 valence electrons. The number of ether oxygens (including phenoxy) is 1. The van der Waals surface area contributed by atoms with Gasteiger partial charge in [0, 0.05) is 6.61 Å². The molecule has 2 unspecified atom stereocenters. The van der Waals surface area contributed by atoms with Crippen LogP contribution < -0.4 is 5.32 Å². The number of nitrogens with one attached hydrogen (secondary N) is 1. The first kappa shape index (κ1) is 10.2. The topological polar surface area (TPSA) is 60.2 Å². The second kappa shape index (κ2) is 4.51. The third kappa shape index (κ3) is 2.10. The Morgan fingerprint density at radius 2 is 2.31 bits per heavy atom. The van der Waals surface area contributed by atoms with Crippen LogP contribution in [0.1, 0.15) is 43.4 Å². The summed E-state index contributed by atoms with van der Waals surface area (Å²) in [4.78, 5) is 4.44. The van der Waals surface area contributed by atoms with Crippen molar-refractivity contribution < 1.29 is 9.26 Å². The van der Waals surface area contributed by atoms with Crippen molar-refractivity contribution in [3.63, 3.8) is 0 Å². The minimum Gasteiger partial charge on any atom is -0.378 e. The predicted molar refractivity (Wildman–Crippen MR) is 57.0 cm³/mol. The third-order valence-electron chi connectivity index (χ3n) is 3.28. The first-order chi connectivity index (χ1) is 7.92. The lowest BCUT2D eigenvalue weighted by Crippen LogP contribution is -2.14. The number of hydrogen-bond donors (Lipinski definition) is 1. The van der Waals surface area contributed by atoms with Crippen molar-refractivity contribution in [3.05, 3.63) is 11.7 Å². The summed E-state index contributed by atoms with van der Waals surface area (Å²) in [6.45, 7) is 1.93. The molecule has 1 aromatic rings. The summed E-state index contributed by atoms with van der Waals surface area (Å²) in [6, 6.07) is 0.294. The average Bonchev–Trinajstić information content (AvgIpc) is 2.99. The van der Waals surface area contributed by atoms with Crippen LogP contribution in [0.25, 0.3) is 0 Å². The molecule has 0 amide bonds. The van der Waals surface area contributed by atoms with Crippen LogP contribution in [0.3, 0.4) is 0 Å². The summed E-state index contributed by atoms with van der Waals surface area (Å²) in [5, 5.41) is 7.40. The van der Waals surface area contributed by atoms with Gasteiger partial charge in [-0.3, -0.25) is 0 Å². The van der Waals surface area contributed by atoms with Gasteiger partial charge in [0.2, 0.25) is 5.89 Å². The van der Waals surface area contributed by atoms with Gasteiger partial charge in [0.1, 0.15) is 0 Å².